The zero-order valence-corrected chi connectivity index (χ0v) is 23.5. The molecule has 0 bridgehead atoms. The highest BCUT2D eigenvalue weighted by Gasteiger charge is 2.44. The molecule has 1 aromatic rings. The van der Waals surface area contributed by atoms with E-state index in [-0.39, 0.29) is 5.92 Å². The van der Waals surface area contributed by atoms with Crippen molar-refractivity contribution in [3.05, 3.63) is 41.7 Å². The lowest BCUT2D eigenvalue weighted by Gasteiger charge is -2.36. The maximum atomic E-state index is 15.1. The summed E-state index contributed by atoms with van der Waals surface area (Å²) < 4.78 is 90.5. The summed E-state index contributed by atoms with van der Waals surface area (Å²) in [5, 5.41) is 0. The number of halogens is 6. The largest absolute Gasteiger partial charge is 0.573 e. The minimum Gasteiger partial charge on any atom is -0.403 e. The highest BCUT2D eigenvalue weighted by Crippen LogP contribution is 2.44. The molecule has 0 spiro atoms. The Morgan fingerprint density at radius 2 is 1.40 bits per heavy atom. The fraction of sp³-hybridized carbons (Fsp3) is 0.750. The second-order valence-corrected chi connectivity index (χ2v) is 12.3. The molecule has 1 aromatic carbocycles. The van der Waals surface area contributed by atoms with E-state index in [1.54, 1.807) is 0 Å². The Bertz CT molecular complexity index is 937. The first kappa shape index (κ1) is 31.2. The Hall–Kier alpha value is -1.70. The van der Waals surface area contributed by atoms with E-state index in [1.165, 1.54) is 51.0 Å². The van der Waals surface area contributed by atoms with Gasteiger partial charge in [-0.05, 0) is 118 Å². The third kappa shape index (κ3) is 9.15. The highest BCUT2D eigenvalue weighted by atomic mass is 19.4. The molecule has 2 nitrogen and oxygen atoms in total. The number of hydrogen-bond donors (Lipinski definition) is 0. The van der Waals surface area contributed by atoms with Crippen LogP contribution in [0, 0.1) is 29.5 Å². The van der Waals surface area contributed by atoms with Crippen molar-refractivity contribution < 1.29 is 35.8 Å². The summed E-state index contributed by atoms with van der Waals surface area (Å²) in [6.45, 7) is 2.24. The second-order valence-electron chi connectivity index (χ2n) is 12.3. The van der Waals surface area contributed by atoms with Gasteiger partial charge in [0.1, 0.15) is 0 Å². The molecule has 226 valence electrons. The first-order valence-corrected chi connectivity index (χ1v) is 15.3. The molecular formula is C32H44F6O2. The van der Waals surface area contributed by atoms with Crippen molar-refractivity contribution in [1.29, 1.82) is 0 Å². The summed E-state index contributed by atoms with van der Waals surface area (Å²) in [6.07, 6.45) is 9.26. The predicted octanol–water partition coefficient (Wildman–Crippen LogP) is 10.7. The van der Waals surface area contributed by atoms with Crippen LogP contribution < -0.4 is 4.74 Å². The molecule has 3 fully saturated rings. The summed E-state index contributed by atoms with van der Waals surface area (Å²) >= 11 is 0. The fourth-order valence-electron chi connectivity index (χ4n) is 6.94. The van der Waals surface area contributed by atoms with Gasteiger partial charge in [-0.3, -0.25) is 0 Å². The van der Waals surface area contributed by atoms with Gasteiger partial charge in [-0.1, -0.05) is 44.4 Å². The second kappa shape index (κ2) is 14.0. The maximum Gasteiger partial charge on any atom is 0.573 e. The van der Waals surface area contributed by atoms with E-state index in [1.807, 2.05) is 0 Å². The normalized spacial score (nSPS) is 30.5. The van der Waals surface area contributed by atoms with Crippen LogP contribution in [0.15, 0.2) is 30.4 Å². The lowest BCUT2D eigenvalue weighted by molar-refractivity contribution is -0.301. The molecule has 3 aliphatic carbocycles. The number of allylic oxidation sites excluding steroid dienone is 2. The van der Waals surface area contributed by atoms with E-state index in [4.69, 9.17) is 4.74 Å². The van der Waals surface area contributed by atoms with Crippen LogP contribution in [0.3, 0.4) is 0 Å². The molecular weight excluding hydrogens is 530 g/mol. The standard InChI is InChI=1S/C32H44F6O2/c1-2-3-4-22-5-7-23(8-6-22)9-10-24-11-16-27(17-12-24)31(34,35)39-28-18-13-25(14-19-28)26-15-20-30(29(33)21-26)40-32(36,37)38/h9-10,15,20-25,27-28H,2-8,11-14,16-19H2,1H3/b10-9+. The molecule has 3 saturated carbocycles. The van der Waals surface area contributed by atoms with Crippen molar-refractivity contribution in [2.75, 3.05) is 0 Å². The quantitative estimate of drug-likeness (QED) is 0.204. The average Bonchev–Trinajstić information content (AvgIpc) is 2.92. The topological polar surface area (TPSA) is 18.5 Å². The third-order valence-electron chi connectivity index (χ3n) is 9.41. The van der Waals surface area contributed by atoms with Gasteiger partial charge in [-0.2, -0.15) is 8.78 Å². The van der Waals surface area contributed by atoms with Gasteiger partial charge in [0.15, 0.2) is 11.6 Å². The van der Waals surface area contributed by atoms with Gasteiger partial charge in [0.05, 0.1) is 12.0 Å². The predicted molar refractivity (Wildman–Crippen MR) is 144 cm³/mol. The average molecular weight is 575 g/mol. The minimum atomic E-state index is -4.97. The zero-order chi connectivity index (χ0) is 28.8. The molecule has 0 aromatic heterocycles. The van der Waals surface area contributed by atoms with Crippen molar-refractivity contribution in [2.24, 2.45) is 23.7 Å². The van der Waals surface area contributed by atoms with E-state index >= 15 is 8.78 Å². The van der Waals surface area contributed by atoms with Gasteiger partial charge >= 0.3 is 12.5 Å². The molecule has 0 aliphatic heterocycles. The number of benzene rings is 1. The third-order valence-corrected chi connectivity index (χ3v) is 9.41. The van der Waals surface area contributed by atoms with E-state index in [0.29, 0.717) is 55.9 Å². The lowest BCUT2D eigenvalue weighted by atomic mass is 9.77. The van der Waals surface area contributed by atoms with Crippen LogP contribution in [-0.2, 0) is 4.74 Å². The Morgan fingerprint density at radius 1 is 0.800 bits per heavy atom. The molecule has 3 aliphatic rings. The summed E-state index contributed by atoms with van der Waals surface area (Å²) in [4.78, 5) is 0. The van der Waals surface area contributed by atoms with Crippen molar-refractivity contribution in [3.63, 3.8) is 0 Å². The Morgan fingerprint density at radius 3 is 1.95 bits per heavy atom. The van der Waals surface area contributed by atoms with Gasteiger partial charge in [-0.25, -0.2) is 4.39 Å². The van der Waals surface area contributed by atoms with Gasteiger partial charge in [0, 0.05) is 0 Å². The van der Waals surface area contributed by atoms with Crippen LogP contribution in [0.1, 0.15) is 115 Å². The SMILES string of the molecule is CCCCC1CCC(/C=C/C2CCC(C(F)(F)OC3CCC(c4ccc(OC(F)(F)F)c(F)c4)CC3)CC2)CC1. The first-order chi connectivity index (χ1) is 19.0. The van der Waals surface area contributed by atoms with E-state index in [9.17, 15) is 17.6 Å². The maximum absolute atomic E-state index is 15.1. The molecule has 0 unspecified atom stereocenters. The summed E-state index contributed by atoms with van der Waals surface area (Å²) in [5.41, 5.74) is 0.549. The summed E-state index contributed by atoms with van der Waals surface area (Å²) in [5.74, 6) is -0.959. The van der Waals surface area contributed by atoms with Crippen LogP contribution in [0.25, 0.3) is 0 Å². The van der Waals surface area contributed by atoms with Crippen molar-refractivity contribution >= 4 is 0 Å². The van der Waals surface area contributed by atoms with E-state index < -0.39 is 36.1 Å². The minimum absolute atomic E-state index is 0.114. The fourth-order valence-corrected chi connectivity index (χ4v) is 6.94. The zero-order valence-electron chi connectivity index (χ0n) is 23.5. The molecule has 0 N–H and O–H groups in total. The van der Waals surface area contributed by atoms with Crippen molar-refractivity contribution in [1.82, 2.24) is 0 Å². The van der Waals surface area contributed by atoms with Gasteiger partial charge < -0.3 is 9.47 Å². The van der Waals surface area contributed by atoms with Crippen LogP contribution in [-0.4, -0.2) is 18.6 Å². The molecule has 8 heteroatoms. The van der Waals surface area contributed by atoms with Crippen LogP contribution in [0.4, 0.5) is 26.3 Å². The monoisotopic (exact) mass is 574 g/mol. The number of rotatable bonds is 10. The molecule has 0 saturated heterocycles. The van der Waals surface area contributed by atoms with Crippen LogP contribution in [0.2, 0.25) is 0 Å². The Kier molecular flexibility index (Phi) is 10.9. The smallest absolute Gasteiger partial charge is 0.403 e. The van der Waals surface area contributed by atoms with Crippen molar-refractivity contribution in [2.45, 2.75) is 128 Å². The molecule has 0 atom stereocenters. The van der Waals surface area contributed by atoms with Gasteiger partial charge in [0.2, 0.25) is 0 Å². The molecule has 0 radical (unpaired) electrons. The molecule has 40 heavy (non-hydrogen) atoms. The number of unbranched alkanes of at least 4 members (excludes halogenated alkanes) is 1. The Balaban J connectivity index is 1.17. The first-order valence-electron chi connectivity index (χ1n) is 15.3. The summed E-state index contributed by atoms with van der Waals surface area (Å²) in [7, 11) is 0. The van der Waals surface area contributed by atoms with E-state index in [0.717, 1.165) is 30.9 Å². The highest BCUT2D eigenvalue weighted by molar-refractivity contribution is 5.31. The number of alkyl halides is 5. The lowest BCUT2D eigenvalue weighted by Crippen LogP contribution is -2.38. The van der Waals surface area contributed by atoms with Gasteiger partial charge in [0.25, 0.3) is 0 Å². The van der Waals surface area contributed by atoms with Crippen LogP contribution >= 0.6 is 0 Å². The Labute approximate surface area is 234 Å². The number of hydrogen-bond acceptors (Lipinski definition) is 2. The van der Waals surface area contributed by atoms with Crippen molar-refractivity contribution in [3.8, 4) is 5.75 Å². The molecule has 0 amide bonds. The molecule has 0 heterocycles. The van der Waals surface area contributed by atoms with E-state index in [2.05, 4.69) is 23.8 Å². The van der Waals surface area contributed by atoms with Gasteiger partial charge in [-0.15, -0.1) is 13.2 Å². The molecule has 4 rings (SSSR count). The summed E-state index contributed by atoms with van der Waals surface area (Å²) in [6, 6.07) is 3.43. The van der Waals surface area contributed by atoms with Crippen LogP contribution in [0.5, 0.6) is 5.75 Å². The number of ether oxygens (including phenoxy) is 2.